The number of hydrogen-bond acceptors (Lipinski definition) is 4. The number of methoxy groups -OCH3 is 2. The molecular weight excluding hydrogens is 266 g/mol. The SMILES string of the molecule is COC(=O)[C@H](Cc1ccccc1)Nc1ccc(OC)cc1. The molecule has 0 unspecified atom stereocenters. The lowest BCUT2D eigenvalue weighted by Crippen LogP contribution is -2.32. The Hall–Kier alpha value is -2.49. The quantitative estimate of drug-likeness (QED) is 0.829. The molecular formula is C17H19NO3. The first kappa shape index (κ1) is 14.9. The minimum Gasteiger partial charge on any atom is -0.497 e. The van der Waals surface area contributed by atoms with Crippen molar-refractivity contribution in [1.29, 1.82) is 0 Å². The number of ether oxygens (including phenoxy) is 2. The monoisotopic (exact) mass is 285 g/mol. The lowest BCUT2D eigenvalue weighted by molar-refractivity contribution is -0.141. The van der Waals surface area contributed by atoms with Crippen LogP contribution in [0.25, 0.3) is 0 Å². The zero-order chi connectivity index (χ0) is 15.1. The third-order valence-corrected chi connectivity index (χ3v) is 3.20. The molecule has 0 saturated carbocycles. The second-order valence-corrected chi connectivity index (χ2v) is 4.64. The molecule has 0 heterocycles. The molecule has 21 heavy (non-hydrogen) atoms. The van der Waals surface area contributed by atoms with Gasteiger partial charge in [0.2, 0.25) is 0 Å². The van der Waals surface area contributed by atoms with Crippen LogP contribution in [0.4, 0.5) is 5.69 Å². The number of carbonyl (C=O) groups is 1. The number of carbonyl (C=O) groups excluding carboxylic acids is 1. The topological polar surface area (TPSA) is 47.6 Å². The fourth-order valence-electron chi connectivity index (χ4n) is 2.07. The third-order valence-electron chi connectivity index (χ3n) is 3.20. The maximum atomic E-state index is 11.9. The van der Waals surface area contributed by atoms with Crippen LogP contribution in [-0.4, -0.2) is 26.2 Å². The summed E-state index contributed by atoms with van der Waals surface area (Å²) in [6.07, 6.45) is 0.569. The lowest BCUT2D eigenvalue weighted by atomic mass is 10.1. The van der Waals surface area contributed by atoms with Crippen molar-refractivity contribution in [3.8, 4) is 5.75 Å². The molecule has 4 nitrogen and oxygen atoms in total. The van der Waals surface area contributed by atoms with Gasteiger partial charge in [0.15, 0.2) is 0 Å². The van der Waals surface area contributed by atoms with Crippen LogP contribution in [0.1, 0.15) is 5.56 Å². The zero-order valence-electron chi connectivity index (χ0n) is 12.2. The molecule has 0 radical (unpaired) electrons. The summed E-state index contributed by atoms with van der Waals surface area (Å²) in [6.45, 7) is 0. The highest BCUT2D eigenvalue weighted by Gasteiger charge is 2.19. The Morgan fingerprint density at radius 3 is 2.29 bits per heavy atom. The third kappa shape index (κ3) is 4.24. The van der Waals surface area contributed by atoms with Crippen molar-refractivity contribution in [2.24, 2.45) is 0 Å². The van der Waals surface area contributed by atoms with E-state index in [0.717, 1.165) is 17.0 Å². The molecule has 0 aliphatic carbocycles. The molecule has 2 rings (SSSR count). The normalized spacial score (nSPS) is 11.5. The van der Waals surface area contributed by atoms with E-state index in [1.807, 2.05) is 54.6 Å². The minimum atomic E-state index is -0.425. The predicted molar refractivity (Wildman–Crippen MR) is 82.6 cm³/mol. The molecule has 1 atom stereocenters. The molecule has 0 fully saturated rings. The molecule has 2 aromatic rings. The minimum absolute atomic E-state index is 0.283. The summed E-state index contributed by atoms with van der Waals surface area (Å²) in [6, 6.07) is 16.9. The van der Waals surface area contributed by atoms with E-state index in [0.29, 0.717) is 6.42 Å². The van der Waals surface area contributed by atoms with Gasteiger partial charge >= 0.3 is 5.97 Å². The Morgan fingerprint density at radius 2 is 1.71 bits per heavy atom. The van der Waals surface area contributed by atoms with Gasteiger partial charge < -0.3 is 14.8 Å². The number of nitrogens with one attached hydrogen (secondary N) is 1. The van der Waals surface area contributed by atoms with Crippen molar-refractivity contribution in [3.05, 3.63) is 60.2 Å². The van der Waals surface area contributed by atoms with Crippen molar-refractivity contribution in [3.63, 3.8) is 0 Å². The lowest BCUT2D eigenvalue weighted by Gasteiger charge is -2.18. The fraction of sp³-hybridized carbons (Fsp3) is 0.235. The summed E-state index contributed by atoms with van der Waals surface area (Å²) in [5.74, 6) is 0.493. The molecule has 0 aromatic heterocycles. The maximum Gasteiger partial charge on any atom is 0.328 e. The van der Waals surface area contributed by atoms with Gasteiger partial charge in [0, 0.05) is 12.1 Å². The van der Waals surface area contributed by atoms with Crippen molar-refractivity contribution >= 4 is 11.7 Å². The Balaban J connectivity index is 2.10. The largest absolute Gasteiger partial charge is 0.497 e. The molecule has 2 aromatic carbocycles. The Labute approximate surface area is 124 Å². The average Bonchev–Trinajstić information content (AvgIpc) is 2.55. The van der Waals surface area contributed by atoms with Gasteiger partial charge in [0.25, 0.3) is 0 Å². The molecule has 0 bridgehead atoms. The number of anilines is 1. The molecule has 110 valence electrons. The van der Waals surface area contributed by atoms with Gasteiger partial charge in [-0.2, -0.15) is 0 Å². The van der Waals surface area contributed by atoms with Gasteiger partial charge in [-0.1, -0.05) is 30.3 Å². The number of hydrogen-bond donors (Lipinski definition) is 1. The highest BCUT2D eigenvalue weighted by Crippen LogP contribution is 2.17. The highest BCUT2D eigenvalue weighted by atomic mass is 16.5. The summed E-state index contributed by atoms with van der Waals surface area (Å²) in [5, 5.41) is 3.20. The van der Waals surface area contributed by atoms with Crippen LogP contribution >= 0.6 is 0 Å². The van der Waals surface area contributed by atoms with E-state index in [1.165, 1.54) is 7.11 Å². The van der Waals surface area contributed by atoms with E-state index in [1.54, 1.807) is 7.11 Å². The van der Waals surface area contributed by atoms with Crippen LogP contribution in [-0.2, 0) is 16.0 Å². The van der Waals surface area contributed by atoms with Crippen LogP contribution in [0, 0.1) is 0 Å². The Kier molecular flexibility index (Phi) is 5.21. The fourth-order valence-corrected chi connectivity index (χ4v) is 2.07. The number of benzene rings is 2. The van der Waals surface area contributed by atoms with E-state index >= 15 is 0 Å². The van der Waals surface area contributed by atoms with Crippen LogP contribution in [0.5, 0.6) is 5.75 Å². The van der Waals surface area contributed by atoms with Gasteiger partial charge in [-0.05, 0) is 29.8 Å². The van der Waals surface area contributed by atoms with Crippen LogP contribution in [0.3, 0.4) is 0 Å². The van der Waals surface area contributed by atoms with Crippen molar-refractivity contribution < 1.29 is 14.3 Å². The maximum absolute atomic E-state index is 11.9. The summed E-state index contributed by atoms with van der Waals surface area (Å²) >= 11 is 0. The second-order valence-electron chi connectivity index (χ2n) is 4.64. The summed E-state index contributed by atoms with van der Waals surface area (Å²) < 4.78 is 9.99. The number of esters is 1. The molecule has 0 spiro atoms. The molecule has 0 saturated heterocycles. The standard InChI is InChI=1S/C17H19NO3/c1-20-15-10-8-14(9-11-15)18-16(17(19)21-2)12-13-6-4-3-5-7-13/h3-11,16,18H,12H2,1-2H3/t16-/m0/s1. The predicted octanol–water partition coefficient (Wildman–Crippen LogP) is 2.89. The van der Waals surface area contributed by atoms with Crippen molar-refractivity contribution in [2.45, 2.75) is 12.5 Å². The molecule has 0 amide bonds. The summed E-state index contributed by atoms with van der Waals surface area (Å²) in [5.41, 5.74) is 1.93. The molecule has 4 heteroatoms. The van der Waals surface area contributed by atoms with Gasteiger partial charge in [-0.15, -0.1) is 0 Å². The van der Waals surface area contributed by atoms with Gasteiger partial charge in [-0.25, -0.2) is 4.79 Å². The number of rotatable bonds is 6. The highest BCUT2D eigenvalue weighted by molar-refractivity contribution is 5.79. The van der Waals surface area contributed by atoms with E-state index in [4.69, 9.17) is 9.47 Å². The first-order valence-corrected chi connectivity index (χ1v) is 6.75. The van der Waals surface area contributed by atoms with Gasteiger partial charge in [0.1, 0.15) is 11.8 Å². The van der Waals surface area contributed by atoms with E-state index in [2.05, 4.69) is 5.32 Å². The van der Waals surface area contributed by atoms with Crippen LogP contribution in [0.15, 0.2) is 54.6 Å². The van der Waals surface area contributed by atoms with E-state index in [9.17, 15) is 4.79 Å². The zero-order valence-corrected chi connectivity index (χ0v) is 12.2. The van der Waals surface area contributed by atoms with E-state index in [-0.39, 0.29) is 5.97 Å². The summed E-state index contributed by atoms with van der Waals surface area (Å²) in [4.78, 5) is 11.9. The van der Waals surface area contributed by atoms with Crippen molar-refractivity contribution in [2.75, 3.05) is 19.5 Å². The first-order chi connectivity index (χ1) is 10.2. The smallest absolute Gasteiger partial charge is 0.328 e. The molecule has 1 N–H and O–H groups in total. The van der Waals surface area contributed by atoms with Gasteiger partial charge in [0.05, 0.1) is 14.2 Å². The Morgan fingerprint density at radius 1 is 1.05 bits per heavy atom. The second kappa shape index (κ2) is 7.33. The first-order valence-electron chi connectivity index (χ1n) is 6.75. The Bertz CT molecular complexity index is 566. The average molecular weight is 285 g/mol. The summed E-state index contributed by atoms with van der Waals surface area (Å²) in [7, 11) is 3.02. The van der Waals surface area contributed by atoms with Gasteiger partial charge in [-0.3, -0.25) is 0 Å². The molecule has 0 aliphatic heterocycles. The van der Waals surface area contributed by atoms with E-state index < -0.39 is 6.04 Å². The van der Waals surface area contributed by atoms with Crippen molar-refractivity contribution in [1.82, 2.24) is 0 Å². The van der Waals surface area contributed by atoms with Crippen LogP contribution in [0.2, 0.25) is 0 Å². The molecule has 0 aliphatic rings. The van der Waals surface area contributed by atoms with Crippen LogP contribution < -0.4 is 10.1 Å².